The first-order valence-electron chi connectivity index (χ1n) is 11.0. The van der Waals surface area contributed by atoms with Crippen LogP contribution >= 0.6 is 0 Å². The lowest BCUT2D eigenvalue weighted by molar-refractivity contribution is -0.134. The highest BCUT2D eigenvalue weighted by atomic mass is 19.1. The second-order valence-electron chi connectivity index (χ2n) is 9.60. The van der Waals surface area contributed by atoms with Crippen LogP contribution in [0.2, 0.25) is 0 Å². The smallest absolute Gasteiger partial charge is 0.223 e. The lowest BCUT2D eigenvalue weighted by Crippen LogP contribution is -2.42. The van der Waals surface area contributed by atoms with Gasteiger partial charge in [0.1, 0.15) is 17.5 Å². The molecular weight excluding hydrogens is 395 g/mol. The number of hydrogen-bond acceptors (Lipinski definition) is 5. The number of carbonyl (C=O) groups excluding carboxylic acids is 1. The summed E-state index contributed by atoms with van der Waals surface area (Å²) in [6.45, 7) is 10.3. The molecule has 1 fully saturated rings. The Bertz CT molecular complexity index is 951. The molecule has 0 bridgehead atoms. The molecule has 2 aliphatic heterocycles. The van der Waals surface area contributed by atoms with E-state index in [9.17, 15) is 9.18 Å². The van der Waals surface area contributed by atoms with Gasteiger partial charge in [0.25, 0.3) is 0 Å². The summed E-state index contributed by atoms with van der Waals surface area (Å²) in [6.07, 6.45) is 1.71. The van der Waals surface area contributed by atoms with Crippen molar-refractivity contribution in [2.45, 2.75) is 46.6 Å². The first-order chi connectivity index (χ1) is 14.8. The summed E-state index contributed by atoms with van der Waals surface area (Å²) < 4.78 is 19.2. The third kappa shape index (κ3) is 5.39. The van der Waals surface area contributed by atoms with Gasteiger partial charge < -0.3 is 14.5 Å². The summed E-state index contributed by atoms with van der Waals surface area (Å²) in [5.41, 5.74) is 2.85. The number of hydrogen-bond donors (Lipinski definition) is 0. The van der Waals surface area contributed by atoms with Crippen LogP contribution in [-0.2, 0) is 28.9 Å². The van der Waals surface area contributed by atoms with Gasteiger partial charge >= 0.3 is 0 Å². The monoisotopic (exact) mass is 426 g/mol. The highest BCUT2D eigenvalue weighted by Gasteiger charge is 2.29. The molecule has 1 aromatic heterocycles. The van der Waals surface area contributed by atoms with Crippen molar-refractivity contribution in [1.29, 1.82) is 0 Å². The Balaban J connectivity index is 1.64. The Labute approximate surface area is 183 Å². The molecule has 3 heterocycles. The summed E-state index contributed by atoms with van der Waals surface area (Å²) in [7, 11) is 0. The molecule has 1 aromatic carbocycles. The topological polar surface area (TPSA) is 58.6 Å². The van der Waals surface area contributed by atoms with E-state index in [0.29, 0.717) is 51.4 Å². The summed E-state index contributed by atoms with van der Waals surface area (Å²) >= 11 is 0. The van der Waals surface area contributed by atoms with Crippen LogP contribution in [-0.4, -0.2) is 53.6 Å². The highest BCUT2D eigenvalue weighted by molar-refractivity contribution is 5.77. The molecule has 2 aromatic rings. The molecule has 166 valence electrons. The van der Waals surface area contributed by atoms with Crippen molar-refractivity contribution < 1.29 is 13.9 Å². The Morgan fingerprint density at radius 2 is 1.94 bits per heavy atom. The van der Waals surface area contributed by atoms with Gasteiger partial charge in [0.15, 0.2) is 0 Å². The van der Waals surface area contributed by atoms with Crippen LogP contribution in [0.1, 0.15) is 49.8 Å². The van der Waals surface area contributed by atoms with Crippen molar-refractivity contribution in [2.24, 2.45) is 5.41 Å². The van der Waals surface area contributed by atoms with Crippen molar-refractivity contribution in [2.75, 3.05) is 37.7 Å². The molecule has 1 saturated heterocycles. The zero-order valence-electron chi connectivity index (χ0n) is 18.7. The lowest BCUT2D eigenvalue weighted by atomic mass is 9.91. The van der Waals surface area contributed by atoms with Gasteiger partial charge in [-0.05, 0) is 23.1 Å². The van der Waals surface area contributed by atoms with E-state index in [1.54, 1.807) is 6.07 Å². The van der Waals surface area contributed by atoms with Crippen molar-refractivity contribution in [1.82, 2.24) is 14.9 Å². The molecule has 0 radical (unpaired) electrons. The number of benzene rings is 1. The number of aromatic nitrogens is 2. The lowest BCUT2D eigenvalue weighted by Gasteiger charge is -2.35. The van der Waals surface area contributed by atoms with E-state index in [2.05, 4.69) is 25.7 Å². The molecule has 7 heteroatoms. The number of morpholine rings is 1. The number of anilines is 1. The van der Waals surface area contributed by atoms with E-state index < -0.39 is 0 Å². The van der Waals surface area contributed by atoms with Gasteiger partial charge in [-0.1, -0.05) is 32.9 Å². The third-order valence-corrected chi connectivity index (χ3v) is 5.68. The van der Waals surface area contributed by atoms with Crippen LogP contribution in [0.3, 0.4) is 0 Å². The number of fused-ring (bicyclic) bond motifs is 1. The fraction of sp³-hybridized carbons (Fsp3) is 0.542. The van der Waals surface area contributed by atoms with Crippen LogP contribution in [0.25, 0.3) is 0 Å². The standard InChI is InChI=1S/C24H31FN4O2/c1-24(2,3)15-22(30)29-8-7-20-19(16-29)23(28-9-11-31-12-10-28)27-21(26-20)14-17-5-4-6-18(25)13-17/h4-6,13H,7-12,14-16H2,1-3H3. The average molecular weight is 427 g/mol. The molecule has 6 nitrogen and oxygen atoms in total. The maximum atomic E-state index is 13.6. The first-order valence-corrected chi connectivity index (χ1v) is 11.0. The summed E-state index contributed by atoms with van der Waals surface area (Å²) in [5, 5.41) is 0. The van der Waals surface area contributed by atoms with Gasteiger partial charge in [-0.15, -0.1) is 0 Å². The minimum atomic E-state index is -0.253. The van der Waals surface area contributed by atoms with Crippen LogP contribution in [0.5, 0.6) is 0 Å². The molecule has 0 N–H and O–H groups in total. The number of carbonyl (C=O) groups is 1. The van der Waals surface area contributed by atoms with Crippen molar-refractivity contribution >= 4 is 11.7 Å². The molecule has 0 spiro atoms. The van der Waals surface area contributed by atoms with E-state index in [1.165, 1.54) is 12.1 Å². The second-order valence-corrected chi connectivity index (χ2v) is 9.60. The Kier molecular flexibility index (Phi) is 6.23. The SMILES string of the molecule is CC(C)(C)CC(=O)N1CCc2nc(Cc3cccc(F)c3)nc(N3CCOCC3)c2C1. The van der Waals surface area contributed by atoms with Crippen LogP contribution in [0.15, 0.2) is 24.3 Å². The number of halogens is 1. The van der Waals surface area contributed by atoms with Gasteiger partial charge in [-0.2, -0.15) is 0 Å². The van der Waals surface area contributed by atoms with E-state index in [0.717, 1.165) is 35.7 Å². The van der Waals surface area contributed by atoms with Gasteiger partial charge in [-0.3, -0.25) is 4.79 Å². The summed E-state index contributed by atoms with van der Waals surface area (Å²) in [4.78, 5) is 26.8. The Hall–Kier alpha value is -2.54. The average Bonchev–Trinajstić information content (AvgIpc) is 2.72. The van der Waals surface area contributed by atoms with Gasteiger partial charge in [0.05, 0.1) is 25.5 Å². The molecule has 31 heavy (non-hydrogen) atoms. The van der Waals surface area contributed by atoms with Gasteiger partial charge in [0.2, 0.25) is 5.91 Å². The number of ether oxygens (including phenoxy) is 1. The Morgan fingerprint density at radius 1 is 1.16 bits per heavy atom. The largest absolute Gasteiger partial charge is 0.378 e. The molecule has 2 aliphatic rings. The van der Waals surface area contributed by atoms with Crippen LogP contribution in [0, 0.1) is 11.2 Å². The quantitative estimate of drug-likeness (QED) is 0.750. The number of nitrogens with zero attached hydrogens (tertiary/aromatic N) is 4. The molecule has 0 aliphatic carbocycles. The third-order valence-electron chi connectivity index (χ3n) is 5.68. The van der Waals surface area contributed by atoms with E-state index >= 15 is 0 Å². The van der Waals surface area contributed by atoms with E-state index in [4.69, 9.17) is 14.7 Å². The molecule has 0 atom stereocenters. The highest BCUT2D eigenvalue weighted by Crippen LogP contribution is 2.30. The van der Waals surface area contributed by atoms with E-state index in [-0.39, 0.29) is 17.1 Å². The number of amides is 1. The zero-order chi connectivity index (χ0) is 22.0. The summed E-state index contributed by atoms with van der Waals surface area (Å²) in [5.74, 6) is 1.51. The minimum absolute atomic E-state index is 0.0459. The maximum absolute atomic E-state index is 13.6. The minimum Gasteiger partial charge on any atom is -0.378 e. The molecule has 4 rings (SSSR count). The van der Waals surface area contributed by atoms with Crippen LogP contribution < -0.4 is 4.90 Å². The fourth-order valence-corrected chi connectivity index (χ4v) is 4.17. The van der Waals surface area contributed by atoms with Gasteiger partial charge in [-0.25, -0.2) is 14.4 Å². The zero-order valence-corrected chi connectivity index (χ0v) is 18.7. The molecule has 0 saturated carbocycles. The van der Waals surface area contributed by atoms with E-state index in [1.807, 2.05) is 11.0 Å². The van der Waals surface area contributed by atoms with Crippen LogP contribution in [0.4, 0.5) is 10.2 Å². The van der Waals surface area contributed by atoms with Crippen molar-refractivity contribution in [3.05, 3.63) is 52.7 Å². The second kappa shape index (κ2) is 8.91. The number of rotatable bonds is 4. The van der Waals surface area contributed by atoms with Crippen molar-refractivity contribution in [3.63, 3.8) is 0 Å². The summed E-state index contributed by atoms with van der Waals surface area (Å²) in [6, 6.07) is 6.58. The predicted molar refractivity (Wildman–Crippen MR) is 117 cm³/mol. The van der Waals surface area contributed by atoms with Gasteiger partial charge in [0, 0.05) is 44.5 Å². The van der Waals surface area contributed by atoms with Crippen molar-refractivity contribution in [3.8, 4) is 0 Å². The maximum Gasteiger partial charge on any atom is 0.223 e. The molecular formula is C24H31FN4O2. The Morgan fingerprint density at radius 3 is 2.65 bits per heavy atom. The fourth-order valence-electron chi connectivity index (χ4n) is 4.17. The normalized spacial score (nSPS) is 16.9. The molecule has 0 unspecified atom stereocenters. The molecule has 1 amide bonds. The first kappa shape index (κ1) is 21.7. The predicted octanol–water partition coefficient (Wildman–Crippen LogP) is 3.36.